The molecule has 2 aliphatic heterocycles. The number of sulfonamides is 1. The van der Waals surface area contributed by atoms with Crippen LogP contribution >= 0.6 is 0 Å². The molecule has 0 aliphatic carbocycles. The molecular weight excluding hydrogens is 264 g/mol. The van der Waals surface area contributed by atoms with Gasteiger partial charge in [-0.05, 0) is 51.6 Å². The second kappa shape index (κ2) is 7.02. The summed E-state index contributed by atoms with van der Waals surface area (Å²) in [5.41, 5.74) is 0. The zero-order valence-corrected chi connectivity index (χ0v) is 12.6. The number of hydrogen-bond acceptors (Lipinski definition) is 4. The van der Waals surface area contributed by atoms with E-state index in [1.54, 1.807) is 4.31 Å². The smallest absolute Gasteiger partial charge is 0.214 e. The van der Waals surface area contributed by atoms with E-state index in [0.717, 1.165) is 38.8 Å². The van der Waals surface area contributed by atoms with Crippen molar-refractivity contribution < 1.29 is 13.2 Å². The van der Waals surface area contributed by atoms with Gasteiger partial charge in [0.1, 0.15) is 0 Å². The Labute approximate surface area is 116 Å². The molecule has 0 bridgehead atoms. The highest BCUT2D eigenvalue weighted by Gasteiger charge is 2.31. The SMILES string of the molecule is CCOC1CCCN(S(=O)(=O)CC2CCNCC2)C1. The number of nitrogens with zero attached hydrogens (tertiary/aromatic N) is 1. The maximum absolute atomic E-state index is 12.5. The van der Waals surface area contributed by atoms with Crippen molar-refractivity contribution in [2.75, 3.05) is 38.5 Å². The lowest BCUT2D eigenvalue weighted by Crippen LogP contribution is -2.45. The Morgan fingerprint density at radius 3 is 2.68 bits per heavy atom. The molecule has 1 N–H and O–H groups in total. The Morgan fingerprint density at radius 1 is 1.26 bits per heavy atom. The van der Waals surface area contributed by atoms with Crippen LogP contribution in [0.2, 0.25) is 0 Å². The normalized spacial score (nSPS) is 27.5. The predicted molar refractivity (Wildman–Crippen MR) is 75.6 cm³/mol. The lowest BCUT2D eigenvalue weighted by Gasteiger charge is -2.33. The molecule has 0 aromatic carbocycles. The summed E-state index contributed by atoms with van der Waals surface area (Å²) in [6.07, 6.45) is 3.93. The van der Waals surface area contributed by atoms with Gasteiger partial charge in [0.15, 0.2) is 0 Å². The molecule has 1 atom stereocenters. The van der Waals surface area contributed by atoms with Crippen LogP contribution in [-0.4, -0.2) is 57.4 Å². The predicted octanol–water partition coefficient (Wildman–Crippen LogP) is 0.817. The highest BCUT2D eigenvalue weighted by molar-refractivity contribution is 7.89. The largest absolute Gasteiger partial charge is 0.377 e. The first-order valence-corrected chi connectivity index (χ1v) is 9.03. The van der Waals surface area contributed by atoms with Gasteiger partial charge in [-0.25, -0.2) is 8.42 Å². The van der Waals surface area contributed by atoms with E-state index in [1.165, 1.54) is 0 Å². The number of ether oxygens (including phenoxy) is 1. The molecule has 0 spiro atoms. The van der Waals surface area contributed by atoms with Crippen LogP contribution in [0.1, 0.15) is 32.6 Å². The molecule has 0 aromatic heterocycles. The summed E-state index contributed by atoms with van der Waals surface area (Å²) in [4.78, 5) is 0. The molecule has 2 fully saturated rings. The molecule has 2 rings (SSSR count). The molecule has 0 saturated carbocycles. The highest BCUT2D eigenvalue weighted by Crippen LogP contribution is 2.21. The summed E-state index contributed by atoms with van der Waals surface area (Å²) < 4.78 is 32.1. The highest BCUT2D eigenvalue weighted by atomic mass is 32.2. The number of piperidine rings is 2. The molecule has 112 valence electrons. The summed E-state index contributed by atoms with van der Waals surface area (Å²) in [6, 6.07) is 0. The van der Waals surface area contributed by atoms with Crippen molar-refractivity contribution in [1.82, 2.24) is 9.62 Å². The summed E-state index contributed by atoms with van der Waals surface area (Å²) in [5, 5.41) is 3.28. The van der Waals surface area contributed by atoms with Crippen LogP contribution < -0.4 is 5.32 Å². The third kappa shape index (κ3) is 4.41. The van der Waals surface area contributed by atoms with Crippen LogP contribution in [0.5, 0.6) is 0 Å². The van der Waals surface area contributed by atoms with Crippen molar-refractivity contribution >= 4 is 10.0 Å². The van der Waals surface area contributed by atoms with E-state index in [0.29, 0.717) is 31.4 Å². The maximum atomic E-state index is 12.5. The molecule has 5 nitrogen and oxygen atoms in total. The minimum absolute atomic E-state index is 0.0848. The summed E-state index contributed by atoms with van der Waals surface area (Å²) in [7, 11) is -3.11. The fourth-order valence-corrected chi connectivity index (χ4v) is 4.92. The van der Waals surface area contributed by atoms with Gasteiger partial charge in [0.2, 0.25) is 10.0 Å². The minimum Gasteiger partial charge on any atom is -0.377 e. The Kier molecular flexibility index (Phi) is 5.62. The van der Waals surface area contributed by atoms with Gasteiger partial charge in [0.05, 0.1) is 11.9 Å². The third-order valence-corrected chi connectivity index (χ3v) is 6.05. The fourth-order valence-electron chi connectivity index (χ4n) is 2.98. The monoisotopic (exact) mass is 290 g/mol. The Balaban J connectivity index is 1.90. The average Bonchev–Trinajstić information content (AvgIpc) is 2.40. The van der Waals surface area contributed by atoms with Crippen molar-refractivity contribution in [2.24, 2.45) is 5.92 Å². The number of hydrogen-bond donors (Lipinski definition) is 1. The van der Waals surface area contributed by atoms with Crippen LogP contribution in [0.3, 0.4) is 0 Å². The molecule has 6 heteroatoms. The van der Waals surface area contributed by atoms with Crippen molar-refractivity contribution in [1.29, 1.82) is 0 Å². The maximum Gasteiger partial charge on any atom is 0.214 e. The van der Waals surface area contributed by atoms with E-state index in [9.17, 15) is 8.42 Å². The molecule has 19 heavy (non-hydrogen) atoms. The molecule has 0 amide bonds. The fraction of sp³-hybridized carbons (Fsp3) is 1.00. The topological polar surface area (TPSA) is 58.6 Å². The average molecular weight is 290 g/mol. The van der Waals surface area contributed by atoms with Crippen molar-refractivity contribution in [2.45, 2.75) is 38.7 Å². The van der Waals surface area contributed by atoms with Crippen LogP contribution in [-0.2, 0) is 14.8 Å². The Bertz CT molecular complexity index is 364. The number of rotatable bonds is 5. The van der Waals surface area contributed by atoms with E-state index in [1.807, 2.05) is 6.92 Å². The standard InChI is InChI=1S/C13H26N2O3S/c1-2-18-13-4-3-9-15(10-13)19(16,17)11-12-5-7-14-8-6-12/h12-14H,2-11H2,1H3. The van der Waals surface area contributed by atoms with Gasteiger partial charge in [0, 0.05) is 19.7 Å². The van der Waals surface area contributed by atoms with Crippen LogP contribution in [0.4, 0.5) is 0 Å². The van der Waals surface area contributed by atoms with Gasteiger partial charge in [-0.2, -0.15) is 4.31 Å². The van der Waals surface area contributed by atoms with Crippen LogP contribution in [0, 0.1) is 5.92 Å². The van der Waals surface area contributed by atoms with E-state index in [2.05, 4.69) is 5.32 Å². The summed E-state index contributed by atoms with van der Waals surface area (Å²) in [5.74, 6) is 0.631. The van der Waals surface area contributed by atoms with Crippen LogP contribution in [0.25, 0.3) is 0 Å². The quantitative estimate of drug-likeness (QED) is 0.814. The molecule has 0 aromatic rings. The van der Waals surface area contributed by atoms with Gasteiger partial charge in [-0.3, -0.25) is 0 Å². The molecule has 0 radical (unpaired) electrons. The molecule has 2 heterocycles. The summed E-state index contributed by atoms with van der Waals surface area (Å²) >= 11 is 0. The van der Waals surface area contributed by atoms with Gasteiger partial charge in [-0.1, -0.05) is 0 Å². The molecule has 1 unspecified atom stereocenters. The number of nitrogens with one attached hydrogen (secondary N) is 1. The van der Waals surface area contributed by atoms with E-state index >= 15 is 0 Å². The third-order valence-electron chi connectivity index (χ3n) is 4.04. The molecule has 2 aliphatic rings. The molecular formula is C13H26N2O3S. The zero-order valence-electron chi connectivity index (χ0n) is 11.8. The van der Waals surface area contributed by atoms with Crippen LogP contribution in [0.15, 0.2) is 0 Å². The van der Waals surface area contributed by atoms with Crippen molar-refractivity contribution in [3.05, 3.63) is 0 Å². The van der Waals surface area contributed by atoms with Gasteiger partial charge in [-0.15, -0.1) is 0 Å². The van der Waals surface area contributed by atoms with Crippen molar-refractivity contribution in [3.63, 3.8) is 0 Å². The first-order chi connectivity index (χ1) is 9.12. The van der Waals surface area contributed by atoms with Gasteiger partial charge < -0.3 is 10.1 Å². The minimum atomic E-state index is -3.11. The van der Waals surface area contributed by atoms with Gasteiger partial charge in [0.25, 0.3) is 0 Å². The van der Waals surface area contributed by atoms with E-state index < -0.39 is 10.0 Å². The van der Waals surface area contributed by atoms with Crippen molar-refractivity contribution in [3.8, 4) is 0 Å². The second-order valence-electron chi connectivity index (χ2n) is 5.55. The first-order valence-electron chi connectivity index (χ1n) is 7.42. The molecule has 2 saturated heterocycles. The Morgan fingerprint density at radius 2 is 2.00 bits per heavy atom. The zero-order chi connectivity index (χ0) is 13.7. The lowest BCUT2D eigenvalue weighted by molar-refractivity contribution is 0.0264. The summed E-state index contributed by atoms with van der Waals surface area (Å²) in [6.45, 7) is 5.72. The van der Waals surface area contributed by atoms with E-state index in [4.69, 9.17) is 4.74 Å². The van der Waals surface area contributed by atoms with E-state index in [-0.39, 0.29) is 6.10 Å². The Hall–Kier alpha value is -0.170. The lowest BCUT2D eigenvalue weighted by atomic mass is 10.0. The first kappa shape index (κ1) is 15.2. The van der Waals surface area contributed by atoms with Gasteiger partial charge >= 0.3 is 0 Å². The second-order valence-corrected chi connectivity index (χ2v) is 7.56.